The summed E-state index contributed by atoms with van der Waals surface area (Å²) in [6.45, 7) is 4.02. The maximum Gasteiger partial charge on any atom is 0.335 e. The molecule has 21 heavy (non-hydrogen) atoms. The van der Waals surface area contributed by atoms with Crippen molar-refractivity contribution in [1.29, 1.82) is 0 Å². The van der Waals surface area contributed by atoms with Gasteiger partial charge in [-0.2, -0.15) is 0 Å². The molecule has 1 amide bonds. The molecule has 3 N–H and O–H groups in total. The standard InChI is InChI=1S/C15H22N2O4/c1-2-3-7-17(11-14(16)18)8-9-21-13-6-4-5-12(10-13)15(19)20/h4-6,10H,2-3,7-9,11H2,1H3,(H2,16,18)(H,19,20). The molecule has 0 saturated heterocycles. The third kappa shape index (κ3) is 6.76. The van der Waals surface area contributed by atoms with Crippen molar-refractivity contribution in [3.8, 4) is 5.75 Å². The van der Waals surface area contributed by atoms with Gasteiger partial charge in [0.05, 0.1) is 12.1 Å². The average molecular weight is 294 g/mol. The van der Waals surface area contributed by atoms with E-state index in [2.05, 4.69) is 6.92 Å². The van der Waals surface area contributed by atoms with Gasteiger partial charge in [0, 0.05) is 6.54 Å². The number of carboxylic acid groups (broad SMARTS) is 1. The Bertz CT molecular complexity index is 476. The molecule has 0 aliphatic heterocycles. The van der Waals surface area contributed by atoms with E-state index < -0.39 is 5.97 Å². The maximum absolute atomic E-state index is 11.0. The molecule has 0 aliphatic carbocycles. The molecule has 0 heterocycles. The Hall–Kier alpha value is -2.08. The zero-order valence-electron chi connectivity index (χ0n) is 12.2. The summed E-state index contributed by atoms with van der Waals surface area (Å²) in [5.41, 5.74) is 5.40. The van der Waals surface area contributed by atoms with Gasteiger partial charge in [-0.25, -0.2) is 4.79 Å². The summed E-state index contributed by atoms with van der Waals surface area (Å²) in [4.78, 5) is 23.8. The average Bonchev–Trinajstić information content (AvgIpc) is 2.44. The third-order valence-corrected chi connectivity index (χ3v) is 2.96. The molecule has 1 aromatic rings. The number of carbonyl (C=O) groups excluding carboxylic acids is 1. The van der Waals surface area contributed by atoms with Gasteiger partial charge in [-0.3, -0.25) is 9.69 Å². The molecule has 116 valence electrons. The number of hydrogen-bond acceptors (Lipinski definition) is 4. The van der Waals surface area contributed by atoms with Crippen molar-refractivity contribution in [3.05, 3.63) is 29.8 Å². The van der Waals surface area contributed by atoms with Crippen molar-refractivity contribution < 1.29 is 19.4 Å². The van der Waals surface area contributed by atoms with E-state index in [0.29, 0.717) is 18.9 Å². The topological polar surface area (TPSA) is 92.9 Å². The zero-order chi connectivity index (χ0) is 15.7. The fraction of sp³-hybridized carbons (Fsp3) is 0.467. The smallest absolute Gasteiger partial charge is 0.335 e. The van der Waals surface area contributed by atoms with Crippen molar-refractivity contribution >= 4 is 11.9 Å². The van der Waals surface area contributed by atoms with Crippen LogP contribution in [0.4, 0.5) is 0 Å². The van der Waals surface area contributed by atoms with Crippen LogP contribution in [-0.4, -0.2) is 48.1 Å². The minimum atomic E-state index is -0.987. The summed E-state index contributed by atoms with van der Waals surface area (Å²) in [7, 11) is 0. The predicted octanol–water partition coefficient (Wildman–Crippen LogP) is 1.35. The van der Waals surface area contributed by atoms with Crippen LogP contribution in [0.15, 0.2) is 24.3 Å². The van der Waals surface area contributed by atoms with Gasteiger partial charge in [0.15, 0.2) is 0 Å². The zero-order valence-corrected chi connectivity index (χ0v) is 12.2. The molecule has 0 aromatic heterocycles. The number of nitrogens with zero attached hydrogens (tertiary/aromatic N) is 1. The Labute approximate surface area is 124 Å². The molecular formula is C15H22N2O4. The first-order valence-corrected chi connectivity index (χ1v) is 6.99. The van der Waals surface area contributed by atoms with Gasteiger partial charge in [-0.15, -0.1) is 0 Å². The molecule has 0 saturated carbocycles. The van der Waals surface area contributed by atoms with Crippen LogP contribution in [0.5, 0.6) is 5.75 Å². The highest BCUT2D eigenvalue weighted by atomic mass is 16.5. The van der Waals surface area contributed by atoms with E-state index in [1.54, 1.807) is 12.1 Å². The Morgan fingerprint density at radius 2 is 2.10 bits per heavy atom. The normalized spacial score (nSPS) is 10.6. The van der Waals surface area contributed by atoms with Crippen LogP contribution in [-0.2, 0) is 4.79 Å². The molecule has 6 heteroatoms. The Morgan fingerprint density at radius 1 is 1.33 bits per heavy atom. The first-order chi connectivity index (χ1) is 10.0. The van der Waals surface area contributed by atoms with E-state index in [1.807, 2.05) is 4.90 Å². The largest absolute Gasteiger partial charge is 0.492 e. The van der Waals surface area contributed by atoms with Gasteiger partial charge in [-0.1, -0.05) is 19.4 Å². The number of primary amides is 1. The van der Waals surface area contributed by atoms with Crippen molar-refractivity contribution in [3.63, 3.8) is 0 Å². The number of nitrogens with two attached hydrogens (primary N) is 1. The number of benzene rings is 1. The van der Waals surface area contributed by atoms with Crippen molar-refractivity contribution in [2.75, 3.05) is 26.2 Å². The molecule has 0 fully saturated rings. The summed E-state index contributed by atoms with van der Waals surface area (Å²) >= 11 is 0. The molecule has 0 spiro atoms. The lowest BCUT2D eigenvalue weighted by Crippen LogP contribution is -2.37. The lowest BCUT2D eigenvalue weighted by Gasteiger charge is -2.20. The quantitative estimate of drug-likeness (QED) is 0.679. The second kappa shape index (κ2) is 8.97. The van der Waals surface area contributed by atoms with Gasteiger partial charge >= 0.3 is 5.97 Å². The number of carboxylic acids is 1. The lowest BCUT2D eigenvalue weighted by molar-refractivity contribution is -0.119. The van der Waals surface area contributed by atoms with Crippen LogP contribution in [0.25, 0.3) is 0 Å². The van der Waals surface area contributed by atoms with Gasteiger partial charge in [0.25, 0.3) is 0 Å². The van der Waals surface area contributed by atoms with Crippen molar-refractivity contribution in [2.24, 2.45) is 5.73 Å². The molecule has 0 aliphatic rings. The van der Waals surface area contributed by atoms with E-state index in [9.17, 15) is 9.59 Å². The monoisotopic (exact) mass is 294 g/mol. The van der Waals surface area contributed by atoms with Crippen molar-refractivity contribution in [2.45, 2.75) is 19.8 Å². The SMILES string of the molecule is CCCCN(CCOc1cccc(C(=O)O)c1)CC(N)=O. The second-order valence-corrected chi connectivity index (χ2v) is 4.78. The fourth-order valence-electron chi connectivity index (χ4n) is 1.88. The molecule has 0 bridgehead atoms. The van der Waals surface area contributed by atoms with Crippen LogP contribution in [0.2, 0.25) is 0 Å². The van der Waals surface area contributed by atoms with E-state index in [-0.39, 0.29) is 18.0 Å². The number of ether oxygens (including phenoxy) is 1. The van der Waals surface area contributed by atoms with Crippen molar-refractivity contribution in [1.82, 2.24) is 4.90 Å². The highest BCUT2D eigenvalue weighted by Gasteiger charge is 2.08. The summed E-state index contributed by atoms with van der Waals surface area (Å²) in [6.07, 6.45) is 2.03. The third-order valence-electron chi connectivity index (χ3n) is 2.96. The molecule has 6 nitrogen and oxygen atoms in total. The highest BCUT2D eigenvalue weighted by molar-refractivity contribution is 5.88. The van der Waals surface area contributed by atoms with Crippen LogP contribution >= 0.6 is 0 Å². The maximum atomic E-state index is 11.0. The van der Waals surface area contributed by atoms with Crippen LogP contribution < -0.4 is 10.5 Å². The number of aromatic carboxylic acids is 1. The summed E-state index contributed by atoms with van der Waals surface area (Å²) < 4.78 is 5.53. The highest BCUT2D eigenvalue weighted by Crippen LogP contribution is 2.13. The van der Waals surface area contributed by atoms with Gasteiger partial charge in [-0.05, 0) is 31.2 Å². The fourth-order valence-corrected chi connectivity index (χ4v) is 1.88. The van der Waals surface area contributed by atoms with E-state index >= 15 is 0 Å². The van der Waals surface area contributed by atoms with Crippen LogP contribution in [0.3, 0.4) is 0 Å². The van der Waals surface area contributed by atoms with Crippen LogP contribution in [0, 0.1) is 0 Å². The number of amides is 1. The molecular weight excluding hydrogens is 272 g/mol. The van der Waals surface area contributed by atoms with Gasteiger partial charge in [0.1, 0.15) is 12.4 Å². The first kappa shape index (κ1) is 17.0. The molecule has 0 unspecified atom stereocenters. The first-order valence-electron chi connectivity index (χ1n) is 6.99. The Kier molecular flexibility index (Phi) is 7.25. The summed E-state index contributed by atoms with van der Waals surface area (Å²) in [6, 6.07) is 6.33. The molecule has 0 radical (unpaired) electrons. The summed E-state index contributed by atoms with van der Waals surface area (Å²) in [5, 5.41) is 8.90. The van der Waals surface area contributed by atoms with Gasteiger partial charge < -0.3 is 15.6 Å². The van der Waals surface area contributed by atoms with E-state index in [4.69, 9.17) is 15.6 Å². The Morgan fingerprint density at radius 3 is 2.71 bits per heavy atom. The predicted molar refractivity (Wildman–Crippen MR) is 79.4 cm³/mol. The lowest BCUT2D eigenvalue weighted by atomic mass is 10.2. The minimum absolute atomic E-state index is 0.187. The van der Waals surface area contributed by atoms with Crippen LogP contribution in [0.1, 0.15) is 30.1 Å². The second-order valence-electron chi connectivity index (χ2n) is 4.78. The van der Waals surface area contributed by atoms with Gasteiger partial charge in [0.2, 0.25) is 5.91 Å². The molecule has 1 aromatic carbocycles. The number of hydrogen-bond donors (Lipinski definition) is 2. The molecule has 0 atom stereocenters. The minimum Gasteiger partial charge on any atom is -0.492 e. The van der Waals surface area contributed by atoms with E-state index in [1.165, 1.54) is 12.1 Å². The number of rotatable bonds is 10. The molecule has 1 rings (SSSR count). The Balaban J connectivity index is 2.47. The van der Waals surface area contributed by atoms with E-state index in [0.717, 1.165) is 19.4 Å². The summed E-state index contributed by atoms with van der Waals surface area (Å²) in [5.74, 6) is -0.845. The number of carbonyl (C=O) groups is 2. The number of unbranched alkanes of at least 4 members (excludes halogenated alkanes) is 1.